The molecule has 2 aliphatic rings. The summed E-state index contributed by atoms with van der Waals surface area (Å²) in [5.41, 5.74) is 0.858. The number of hydrogen-bond acceptors (Lipinski definition) is 8. The Morgan fingerprint density at radius 1 is 1.29 bits per heavy atom. The van der Waals surface area contributed by atoms with Gasteiger partial charge in [0.05, 0.1) is 25.8 Å². The second-order valence-electron chi connectivity index (χ2n) is 7.42. The molecule has 1 amide bonds. The third kappa shape index (κ3) is 4.39. The van der Waals surface area contributed by atoms with E-state index in [0.717, 1.165) is 63.0 Å². The minimum Gasteiger partial charge on any atom is -0.379 e. The van der Waals surface area contributed by atoms with E-state index in [9.17, 15) is 4.79 Å². The molecule has 0 saturated carbocycles. The van der Waals surface area contributed by atoms with Crippen LogP contribution in [0.4, 0.5) is 0 Å². The monoisotopic (exact) mass is 389 g/mol. The van der Waals surface area contributed by atoms with E-state index in [2.05, 4.69) is 25.6 Å². The van der Waals surface area contributed by atoms with Gasteiger partial charge in [-0.2, -0.15) is 0 Å². The van der Waals surface area contributed by atoms with E-state index >= 15 is 0 Å². The largest absolute Gasteiger partial charge is 0.379 e. The summed E-state index contributed by atoms with van der Waals surface area (Å²) in [6, 6.07) is 1.96. The molecule has 2 fully saturated rings. The lowest BCUT2D eigenvalue weighted by molar-refractivity contribution is -0.132. The van der Waals surface area contributed by atoms with Gasteiger partial charge in [0.15, 0.2) is 5.82 Å². The highest BCUT2D eigenvalue weighted by Crippen LogP contribution is 2.32. The fourth-order valence-electron chi connectivity index (χ4n) is 3.91. The van der Waals surface area contributed by atoms with Crippen molar-refractivity contribution in [2.45, 2.75) is 51.7 Å². The minimum absolute atomic E-state index is 0.0369. The molecule has 10 nitrogen and oxygen atoms in total. The van der Waals surface area contributed by atoms with Crippen LogP contribution in [0.5, 0.6) is 0 Å². The van der Waals surface area contributed by atoms with Gasteiger partial charge < -0.3 is 14.2 Å². The topological polar surface area (TPSA) is 102 Å². The fourth-order valence-corrected chi connectivity index (χ4v) is 3.91. The van der Waals surface area contributed by atoms with Crippen molar-refractivity contribution in [3.8, 4) is 0 Å². The van der Waals surface area contributed by atoms with Crippen molar-refractivity contribution in [3.05, 3.63) is 23.3 Å². The number of carbonyl (C=O) groups excluding carboxylic acids is 1. The van der Waals surface area contributed by atoms with E-state index in [1.807, 2.05) is 22.6 Å². The Labute approximate surface area is 163 Å². The maximum atomic E-state index is 12.8. The molecule has 2 aromatic heterocycles. The van der Waals surface area contributed by atoms with E-state index in [1.54, 1.807) is 0 Å². The molecule has 0 aliphatic carbocycles. The number of amides is 1. The Bertz CT molecular complexity index is 784. The molecule has 1 atom stereocenters. The molecule has 4 rings (SSSR count). The van der Waals surface area contributed by atoms with Crippen LogP contribution in [-0.2, 0) is 22.6 Å². The summed E-state index contributed by atoms with van der Waals surface area (Å²) in [6.07, 6.45) is 3.12. The number of tetrazole rings is 1. The zero-order chi connectivity index (χ0) is 19.3. The van der Waals surface area contributed by atoms with Crippen LogP contribution in [-0.4, -0.2) is 73.9 Å². The Morgan fingerprint density at radius 3 is 2.93 bits per heavy atom. The highest BCUT2D eigenvalue weighted by atomic mass is 16.5. The van der Waals surface area contributed by atoms with Crippen molar-refractivity contribution in [1.29, 1.82) is 0 Å². The van der Waals surface area contributed by atoms with E-state index < -0.39 is 0 Å². The summed E-state index contributed by atoms with van der Waals surface area (Å²) in [6.45, 7) is 7.29. The molecule has 0 unspecified atom stereocenters. The number of morpholine rings is 1. The maximum absolute atomic E-state index is 12.8. The Hall–Kier alpha value is -2.33. The predicted molar refractivity (Wildman–Crippen MR) is 98.1 cm³/mol. The number of nitrogens with zero attached hydrogens (tertiary/aromatic N) is 7. The molecule has 0 N–H and O–H groups in total. The van der Waals surface area contributed by atoms with Gasteiger partial charge in [-0.3, -0.25) is 9.69 Å². The number of aromatic nitrogens is 5. The van der Waals surface area contributed by atoms with Crippen molar-refractivity contribution in [2.24, 2.45) is 0 Å². The number of likely N-dealkylation sites (tertiary alicyclic amines) is 1. The normalized spacial score (nSPS) is 20.8. The van der Waals surface area contributed by atoms with Crippen molar-refractivity contribution < 1.29 is 14.1 Å². The SMILES string of the molecule is Cc1cc([C@@H]2CCCN2C(=O)CCCn2nnnc2CN2CCOCC2)no1. The van der Waals surface area contributed by atoms with Crippen LogP contribution < -0.4 is 0 Å². The Balaban J connectivity index is 1.28. The van der Waals surface area contributed by atoms with Gasteiger partial charge in [-0.25, -0.2) is 4.68 Å². The molecule has 0 spiro atoms. The number of rotatable bonds is 7. The highest BCUT2D eigenvalue weighted by Gasteiger charge is 2.31. The van der Waals surface area contributed by atoms with Gasteiger partial charge in [0.25, 0.3) is 0 Å². The lowest BCUT2D eigenvalue weighted by atomic mass is 10.1. The van der Waals surface area contributed by atoms with Gasteiger partial charge in [0, 0.05) is 38.7 Å². The first-order valence-corrected chi connectivity index (χ1v) is 9.98. The van der Waals surface area contributed by atoms with E-state index in [-0.39, 0.29) is 11.9 Å². The summed E-state index contributed by atoms with van der Waals surface area (Å²) in [7, 11) is 0. The maximum Gasteiger partial charge on any atom is 0.223 e. The van der Waals surface area contributed by atoms with Gasteiger partial charge in [-0.15, -0.1) is 5.10 Å². The third-order valence-electron chi connectivity index (χ3n) is 5.40. The van der Waals surface area contributed by atoms with E-state index in [4.69, 9.17) is 9.26 Å². The first kappa shape index (κ1) is 19.0. The average Bonchev–Trinajstić information content (AvgIpc) is 3.44. The van der Waals surface area contributed by atoms with Crippen LogP contribution in [0.25, 0.3) is 0 Å². The number of hydrogen-bond donors (Lipinski definition) is 0. The van der Waals surface area contributed by atoms with Gasteiger partial charge in [-0.05, 0) is 36.6 Å². The van der Waals surface area contributed by atoms with Crippen LogP contribution >= 0.6 is 0 Å². The molecule has 152 valence electrons. The number of carbonyl (C=O) groups is 1. The Kier molecular flexibility index (Phi) is 5.96. The van der Waals surface area contributed by atoms with Crippen LogP contribution in [0.3, 0.4) is 0 Å². The van der Waals surface area contributed by atoms with Crippen molar-refractivity contribution in [1.82, 2.24) is 35.2 Å². The zero-order valence-electron chi connectivity index (χ0n) is 16.3. The fraction of sp³-hybridized carbons (Fsp3) is 0.722. The lowest BCUT2D eigenvalue weighted by Crippen LogP contribution is -2.36. The van der Waals surface area contributed by atoms with Gasteiger partial charge in [0.2, 0.25) is 5.91 Å². The lowest BCUT2D eigenvalue weighted by Gasteiger charge is -2.25. The smallest absolute Gasteiger partial charge is 0.223 e. The van der Waals surface area contributed by atoms with Crippen molar-refractivity contribution in [3.63, 3.8) is 0 Å². The first-order valence-electron chi connectivity index (χ1n) is 9.98. The molecule has 0 aromatic carbocycles. The molecular weight excluding hydrogens is 362 g/mol. The molecular formula is C18H27N7O3. The molecule has 4 heterocycles. The van der Waals surface area contributed by atoms with Crippen molar-refractivity contribution in [2.75, 3.05) is 32.8 Å². The highest BCUT2D eigenvalue weighted by molar-refractivity contribution is 5.76. The summed E-state index contributed by atoms with van der Waals surface area (Å²) in [4.78, 5) is 17.0. The third-order valence-corrected chi connectivity index (χ3v) is 5.40. The average molecular weight is 389 g/mol. The van der Waals surface area contributed by atoms with Crippen LogP contribution in [0, 0.1) is 6.92 Å². The van der Waals surface area contributed by atoms with Crippen LogP contribution in [0.15, 0.2) is 10.6 Å². The summed E-state index contributed by atoms with van der Waals surface area (Å²) < 4.78 is 12.4. The molecule has 0 bridgehead atoms. The van der Waals surface area contributed by atoms with Crippen molar-refractivity contribution >= 4 is 5.91 Å². The zero-order valence-corrected chi connectivity index (χ0v) is 16.3. The van der Waals surface area contributed by atoms with Crippen LogP contribution in [0.2, 0.25) is 0 Å². The quantitative estimate of drug-likeness (QED) is 0.690. The second kappa shape index (κ2) is 8.78. The van der Waals surface area contributed by atoms with Gasteiger partial charge >= 0.3 is 0 Å². The first-order chi connectivity index (χ1) is 13.7. The van der Waals surface area contributed by atoms with E-state index in [1.165, 1.54) is 0 Å². The molecule has 0 radical (unpaired) electrons. The molecule has 2 aromatic rings. The summed E-state index contributed by atoms with van der Waals surface area (Å²) >= 11 is 0. The molecule has 10 heteroatoms. The predicted octanol–water partition coefficient (Wildman–Crippen LogP) is 0.946. The summed E-state index contributed by atoms with van der Waals surface area (Å²) in [5.74, 6) is 1.78. The summed E-state index contributed by atoms with van der Waals surface area (Å²) in [5, 5.41) is 16.1. The molecule has 28 heavy (non-hydrogen) atoms. The minimum atomic E-state index is 0.0369. The van der Waals surface area contributed by atoms with E-state index in [0.29, 0.717) is 25.9 Å². The standard InChI is InChI=1S/C18H27N7O3/c1-14-12-15(20-28-14)16-4-2-6-24(16)18(26)5-3-7-25-17(19-21-22-25)13-23-8-10-27-11-9-23/h12,16H,2-11,13H2,1H3/t16-/m0/s1. The second-order valence-corrected chi connectivity index (χ2v) is 7.42. The number of aryl methyl sites for hydroxylation is 2. The van der Waals surface area contributed by atoms with Gasteiger partial charge in [-0.1, -0.05) is 5.16 Å². The Morgan fingerprint density at radius 2 is 2.14 bits per heavy atom. The molecule has 2 saturated heterocycles. The number of ether oxygens (including phenoxy) is 1. The molecule has 2 aliphatic heterocycles. The van der Waals surface area contributed by atoms with Gasteiger partial charge in [0.1, 0.15) is 11.5 Å². The van der Waals surface area contributed by atoms with Crippen LogP contribution in [0.1, 0.15) is 49.0 Å².